The van der Waals surface area contributed by atoms with Crippen LogP contribution in [0.25, 0.3) is 0 Å². The summed E-state index contributed by atoms with van der Waals surface area (Å²) < 4.78 is 23.5. The molecule has 0 unspecified atom stereocenters. The number of sulfone groups is 1. The molecule has 5 nitrogen and oxygen atoms in total. The molecule has 0 radical (unpaired) electrons. The van der Waals surface area contributed by atoms with E-state index in [2.05, 4.69) is 29.4 Å². The molecule has 130 valence electrons. The Labute approximate surface area is 140 Å². The van der Waals surface area contributed by atoms with E-state index in [0.29, 0.717) is 12.5 Å². The molecule has 1 rings (SSSR count). The first-order chi connectivity index (χ1) is 10.6. The molecule has 0 amide bonds. The summed E-state index contributed by atoms with van der Waals surface area (Å²) in [6.07, 6.45) is 0. The zero-order valence-electron chi connectivity index (χ0n) is 15.0. The van der Waals surface area contributed by atoms with Crippen molar-refractivity contribution in [3.8, 4) is 0 Å². The number of rotatable bonds is 5. The van der Waals surface area contributed by atoms with Crippen LogP contribution in [0.2, 0.25) is 0 Å². The fraction of sp³-hybridized carbons (Fsp3) is 0.588. The van der Waals surface area contributed by atoms with Gasteiger partial charge >= 0.3 is 0 Å². The lowest BCUT2D eigenvalue weighted by atomic mass is 10.1. The molecule has 1 aromatic rings. The van der Waals surface area contributed by atoms with Crippen LogP contribution in [-0.2, 0) is 16.4 Å². The van der Waals surface area contributed by atoms with Crippen LogP contribution < -0.4 is 5.32 Å². The van der Waals surface area contributed by atoms with Crippen molar-refractivity contribution < 1.29 is 8.42 Å². The van der Waals surface area contributed by atoms with E-state index >= 15 is 0 Å². The van der Waals surface area contributed by atoms with E-state index in [4.69, 9.17) is 0 Å². The molecule has 0 heterocycles. The fourth-order valence-corrected chi connectivity index (χ4v) is 3.09. The summed E-state index contributed by atoms with van der Waals surface area (Å²) in [7, 11) is 0.519. The van der Waals surface area contributed by atoms with Gasteiger partial charge in [0.2, 0.25) is 0 Å². The van der Waals surface area contributed by atoms with Gasteiger partial charge in [-0.05, 0) is 38.8 Å². The van der Waals surface area contributed by atoms with Crippen molar-refractivity contribution in [1.29, 1.82) is 0 Å². The van der Waals surface area contributed by atoms with E-state index in [1.165, 1.54) is 11.1 Å². The molecular weight excluding hydrogens is 310 g/mol. The van der Waals surface area contributed by atoms with E-state index in [0.717, 1.165) is 6.54 Å². The quantitative estimate of drug-likeness (QED) is 0.660. The highest BCUT2D eigenvalue weighted by atomic mass is 32.2. The van der Waals surface area contributed by atoms with Crippen LogP contribution in [0.15, 0.2) is 29.3 Å². The first-order valence-corrected chi connectivity index (χ1v) is 9.42. The van der Waals surface area contributed by atoms with Gasteiger partial charge in [0.1, 0.15) is 0 Å². The van der Waals surface area contributed by atoms with Crippen LogP contribution in [-0.4, -0.2) is 50.4 Å². The molecule has 23 heavy (non-hydrogen) atoms. The average Bonchev–Trinajstić information content (AvgIpc) is 2.44. The van der Waals surface area contributed by atoms with E-state index in [1.54, 1.807) is 27.8 Å². The van der Waals surface area contributed by atoms with Gasteiger partial charge in [0.05, 0.1) is 10.5 Å². The predicted octanol–water partition coefficient (Wildman–Crippen LogP) is 2.22. The van der Waals surface area contributed by atoms with Crippen molar-refractivity contribution in [2.45, 2.75) is 39.0 Å². The number of guanidine groups is 1. The average molecular weight is 340 g/mol. The Balaban J connectivity index is 2.63. The van der Waals surface area contributed by atoms with E-state index in [9.17, 15) is 8.42 Å². The fourth-order valence-electron chi connectivity index (χ4n) is 2.11. The summed E-state index contributed by atoms with van der Waals surface area (Å²) in [5.74, 6) is 0.783. The minimum absolute atomic E-state index is 0.0910. The Morgan fingerprint density at radius 1 is 1.26 bits per heavy atom. The summed E-state index contributed by atoms with van der Waals surface area (Å²) >= 11 is 0. The van der Waals surface area contributed by atoms with Crippen LogP contribution in [0.4, 0.5) is 0 Å². The Morgan fingerprint density at radius 2 is 1.87 bits per heavy atom. The maximum absolute atomic E-state index is 12.1. The van der Waals surface area contributed by atoms with Gasteiger partial charge in [-0.25, -0.2) is 8.42 Å². The molecule has 0 spiro atoms. The monoisotopic (exact) mass is 339 g/mol. The number of hydrogen-bond acceptors (Lipinski definition) is 3. The number of aryl methyl sites for hydroxylation is 1. The number of aliphatic imine (C=N–C) groups is 1. The van der Waals surface area contributed by atoms with Crippen molar-refractivity contribution in [1.82, 2.24) is 10.2 Å². The molecule has 0 saturated heterocycles. The number of hydrogen-bond donors (Lipinski definition) is 1. The number of nitrogens with one attached hydrogen (secondary N) is 1. The highest BCUT2D eigenvalue weighted by molar-refractivity contribution is 7.92. The van der Waals surface area contributed by atoms with Crippen LogP contribution in [0.5, 0.6) is 0 Å². The number of benzene rings is 1. The van der Waals surface area contributed by atoms with Gasteiger partial charge in [0.15, 0.2) is 15.8 Å². The van der Waals surface area contributed by atoms with Crippen LogP contribution in [0, 0.1) is 6.92 Å². The smallest absolute Gasteiger partial charge is 0.193 e. The Bertz CT molecular complexity index is 646. The second-order valence-corrected chi connectivity index (χ2v) is 9.55. The van der Waals surface area contributed by atoms with Gasteiger partial charge in [-0.3, -0.25) is 4.99 Å². The molecule has 1 aromatic carbocycles. The zero-order chi connectivity index (χ0) is 17.7. The maximum atomic E-state index is 12.1. The van der Waals surface area contributed by atoms with Crippen molar-refractivity contribution in [3.63, 3.8) is 0 Å². The van der Waals surface area contributed by atoms with Crippen molar-refractivity contribution in [2.24, 2.45) is 4.99 Å². The lowest BCUT2D eigenvalue weighted by molar-refractivity contribution is 0.477. The van der Waals surface area contributed by atoms with Crippen molar-refractivity contribution in [3.05, 3.63) is 35.4 Å². The second-order valence-electron chi connectivity index (χ2n) is 6.69. The van der Waals surface area contributed by atoms with E-state index < -0.39 is 14.6 Å². The van der Waals surface area contributed by atoms with E-state index in [1.807, 2.05) is 24.1 Å². The highest BCUT2D eigenvalue weighted by Crippen LogP contribution is 2.15. The lowest BCUT2D eigenvalue weighted by Gasteiger charge is -2.24. The minimum Gasteiger partial charge on any atom is -0.355 e. The molecule has 1 N–H and O–H groups in total. The Hall–Kier alpha value is -1.56. The second kappa shape index (κ2) is 7.81. The van der Waals surface area contributed by atoms with Gasteiger partial charge in [-0.2, -0.15) is 0 Å². The molecule has 0 atom stereocenters. The summed E-state index contributed by atoms with van der Waals surface area (Å²) in [6.45, 7) is 8.32. The number of nitrogens with zero attached hydrogens (tertiary/aromatic N) is 2. The molecular formula is C17H29N3O2S. The molecule has 0 fully saturated rings. The molecule has 0 bridgehead atoms. The maximum Gasteiger partial charge on any atom is 0.193 e. The first-order valence-electron chi connectivity index (χ1n) is 7.77. The zero-order valence-corrected chi connectivity index (χ0v) is 15.9. The molecule has 6 heteroatoms. The summed E-state index contributed by atoms with van der Waals surface area (Å²) in [5, 5.41) is 3.13. The Kier molecular flexibility index (Phi) is 6.62. The van der Waals surface area contributed by atoms with Crippen LogP contribution in [0.3, 0.4) is 0 Å². The van der Waals surface area contributed by atoms with E-state index in [-0.39, 0.29) is 5.75 Å². The normalized spacial score (nSPS) is 13.0. The first kappa shape index (κ1) is 19.5. The third-order valence-electron chi connectivity index (χ3n) is 3.83. The molecule has 0 aromatic heterocycles. The highest BCUT2D eigenvalue weighted by Gasteiger charge is 2.28. The van der Waals surface area contributed by atoms with Crippen LogP contribution in [0.1, 0.15) is 31.9 Å². The SMILES string of the molecule is CN=C(NCCS(=O)(=O)C(C)(C)C)N(C)Cc1ccccc1C. The Morgan fingerprint density at radius 3 is 2.39 bits per heavy atom. The molecule has 0 aliphatic rings. The van der Waals surface area contributed by atoms with Gasteiger partial charge in [0.25, 0.3) is 0 Å². The largest absolute Gasteiger partial charge is 0.355 e. The summed E-state index contributed by atoms with van der Waals surface area (Å²) in [6, 6.07) is 8.20. The third-order valence-corrected chi connectivity index (χ3v) is 6.44. The van der Waals surface area contributed by atoms with Gasteiger partial charge < -0.3 is 10.2 Å². The molecule has 0 saturated carbocycles. The molecule has 0 aliphatic heterocycles. The van der Waals surface area contributed by atoms with Crippen molar-refractivity contribution in [2.75, 3.05) is 26.4 Å². The van der Waals surface area contributed by atoms with Crippen LogP contribution >= 0.6 is 0 Å². The van der Waals surface area contributed by atoms with Gasteiger partial charge in [0, 0.05) is 27.2 Å². The minimum atomic E-state index is -3.13. The summed E-state index contributed by atoms with van der Waals surface area (Å²) in [5.41, 5.74) is 2.45. The van der Waals surface area contributed by atoms with Crippen molar-refractivity contribution >= 4 is 15.8 Å². The standard InChI is InChI=1S/C17H29N3O2S/c1-14-9-7-8-10-15(14)13-20(6)16(18-5)19-11-12-23(21,22)17(2,3)4/h7-10H,11-13H2,1-6H3,(H,18,19). The van der Waals surface area contributed by atoms with Gasteiger partial charge in [-0.15, -0.1) is 0 Å². The topological polar surface area (TPSA) is 61.8 Å². The predicted molar refractivity (Wildman–Crippen MR) is 97.5 cm³/mol. The third kappa shape index (κ3) is 5.53. The van der Waals surface area contributed by atoms with Gasteiger partial charge in [-0.1, -0.05) is 24.3 Å². The molecule has 0 aliphatic carbocycles. The summed E-state index contributed by atoms with van der Waals surface area (Å²) in [4.78, 5) is 6.22. The lowest BCUT2D eigenvalue weighted by Crippen LogP contribution is -2.42.